The predicted molar refractivity (Wildman–Crippen MR) is 82.9 cm³/mol. The van der Waals surface area contributed by atoms with Crippen LogP contribution in [-0.4, -0.2) is 38.6 Å². The minimum atomic E-state index is -3.50. The highest BCUT2D eigenvalue weighted by molar-refractivity contribution is 7.89. The predicted octanol–water partition coefficient (Wildman–Crippen LogP) is 0.390. The van der Waals surface area contributed by atoms with Gasteiger partial charge in [0, 0.05) is 25.3 Å². The lowest BCUT2D eigenvalue weighted by Crippen LogP contribution is -2.43. The number of hydrazine groups is 1. The molecule has 2 aliphatic carbocycles. The van der Waals surface area contributed by atoms with Crippen LogP contribution in [-0.2, 0) is 19.6 Å². The van der Waals surface area contributed by atoms with Gasteiger partial charge in [-0.1, -0.05) is 0 Å². The van der Waals surface area contributed by atoms with Gasteiger partial charge in [0.15, 0.2) is 0 Å². The van der Waals surface area contributed by atoms with Crippen molar-refractivity contribution in [3.8, 4) is 0 Å². The fraction of sp³-hybridized carbons (Fsp3) is 0.571. The van der Waals surface area contributed by atoms with Crippen LogP contribution in [0.3, 0.4) is 0 Å². The Labute approximate surface area is 135 Å². The number of nitrogens with one attached hydrogen (secondary N) is 3. The average molecular weight is 340 g/mol. The first-order valence-corrected chi connectivity index (χ1v) is 9.03. The molecule has 1 heterocycles. The van der Waals surface area contributed by atoms with Gasteiger partial charge in [0.2, 0.25) is 15.9 Å². The van der Waals surface area contributed by atoms with Crippen LogP contribution < -0.4 is 15.6 Å². The van der Waals surface area contributed by atoms with E-state index in [0.29, 0.717) is 18.7 Å². The van der Waals surface area contributed by atoms with Crippen molar-refractivity contribution in [2.45, 2.75) is 42.7 Å². The molecular formula is C14H20N4O4S. The molecule has 8 nitrogen and oxygen atoms in total. The molecule has 0 aromatic carbocycles. The Balaban J connectivity index is 1.50. The number of rotatable bonds is 7. The minimum absolute atomic E-state index is 0.0514. The molecule has 2 fully saturated rings. The molecule has 3 N–H and O–H groups in total. The molecule has 23 heavy (non-hydrogen) atoms. The standard InChI is InChI=1S/C14H20N4O4S/c1-22-11-6-9(7-11)14(19)17-16-13-5-4-12(8-15-13)23(20,21)18-10-2-3-10/h4-5,8-11,18H,2-3,6-7H2,1H3,(H,15,16)(H,17,19). The van der Waals surface area contributed by atoms with E-state index in [4.69, 9.17) is 4.74 Å². The molecule has 0 radical (unpaired) electrons. The third-order valence-electron chi connectivity index (χ3n) is 4.06. The van der Waals surface area contributed by atoms with E-state index in [2.05, 4.69) is 20.6 Å². The van der Waals surface area contributed by atoms with Crippen molar-refractivity contribution in [1.82, 2.24) is 15.1 Å². The SMILES string of the molecule is COC1CC(C(=O)NNc2ccc(S(=O)(=O)NC3CC3)cn2)C1. The molecule has 9 heteroatoms. The Morgan fingerprint density at radius 1 is 1.30 bits per heavy atom. The quantitative estimate of drug-likeness (QED) is 0.620. The van der Waals surface area contributed by atoms with Gasteiger partial charge in [-0.3, -0.25) is 15.6 Å². The Morgan fingerprint density at radius 2 is 2.04 bits per heavy atom. The fourth-order valence-corrected chi connectivity index (χ4v) is 3.55. The van der Waals surface area contributed by atoms with Crippen LogP contribution in [0.15, 0.2) is 23.2 Å². The number of methoxy groups -OCH3 is 1. The molecule has 2 aliphatic rings. The molecule has 3 rings (SSSR count). The number of aromatic nitrogens is 1. The number of sulfonamides is 1. The molecule has 1 amide bonds. The van der Waals surface area contributed by atoms with Crippen LogP contribution in [0.1, 0.15) is 25.7 Å². The number of hydrogen-bond acceptors (Lipinski definition) is 6. The lowest BCUT2D eigenvalue weighted by molar-refractivity contribution is -0.132. The zero-order valence-corrected chi connectivity index (χ0v) is 13.6. The molecule has 2 saturated carbocycles. The van der Waals surface area contributed by atoms with Crippen LogP contribution in [0, 0.1) is 5.92 Å². The molecular weight excluding hydrogens is 320 g/mol. The highest BCUT2D eigenvalue weighted by Crippen LogP contribution is 2.29. The van der Waals surface area contributed by atoms with Crippen molar-refractivity contribution in [3.63, 3.8) is 0 Å². The second-order valence-corrected chi connectivity index (χ2v) is 7.63. The molecule has 0 atom stereocenters. The van der Waals surface area contributed by atoms with Crippen molar-refractivity contribution >= 4 is 21.7 Å². The van der Waals surface area contributed by atoms with Crippen LogP contribution >= 0.6 is 0 Å². The van der Waals surface area contributed by atoms with Gasteiger partial charge in [0.25, 0.3) is 0 Å². The third kappa shape index (κ3) is 3.98. The minimum Gasteiger partial charge on any atom is -0.381 e. The lowest BCUT2D eigenvalue weighted by atomic mass is 9.82. The summed E-state index contributed by atoms with van der Waals surface area (Å²) < 4.78 is 31.7. The summed E-state index contributed by atoms with van der Waals surface area (Å²) in [6.07, 6.45) is 4.60. The van der Waals surface area contributed by atoms with Crippen molar-refractivity contribution in [2.75, 3.05) is 12.5 Å². The number of anilines is 1. The van der Waals surface area contributed by atoms with E-state index in [9.17, 15) is 13.2 Å². The second kappa shape index (κ2) is 6.42. The first-order valence-electron chi connectivity index (χ1n) is 7.55. The van der Waals surface area contributed by atoms with E-state index >= 15 is 0 Å². The lowest BCUT2D eigenvalue weighted by Gasteiger charge is -2.32. The van der Waals surface area contributed by atoms with E-state index in [-0.39, 0.29) is 28.9 Å². The molecule has 0 saturated heterocycles. The molecule has 0 unspecified atom stereocenters. The van der Waals surface area contributed by atoms with Crippen LogP contribution in [0.4, 0.5) is 5.82 Å². The molecule has 0 spiro atoms. The summed E-state index contributed by atoms with van der Waals surface area (Å²) in [4.78, 5) is 16.0. The monoisotopic (exact) mass is 340 g/mol. The summed E-state index contributed by atoms with van der Waals surface area (Å²) in [7, 11) is -1.87. The number of amides is 1. The number of pyridine rings is 1. The zero-order valence-electron chi connectivity index (χ0n) is 12.8. The van der Waals surface area contributed by atoms with Gasteiger partial charge < -0.3 is 4.74 Å². The first kappa shape index (κ1) is 16.2. The van der Waals surface area contributed by atoms with Gasteiger partial charge in [-0.05, 0) is 37.8 Å². The number of carbonyl (C=O) groups excluding carboxylic acids is 1. The summed E-state index contributed by atoms with van der Waals surface area (Å²) >= 11 is 0. The molecule has 0 aliphatic heterocycles. The Kier molecular flexibility index (Phi) is 4.51. The van der Waals surface area contributed by atoms with Crippen molar-refractivity contribution in [2.24, 2.45) is 5.92 Å². The Bertz CT molecular complexity index is 667. The van der Waals surface area contributed by atoms with Crippen LogP contribution in [0.25, 0.3) is 0 Å². The highest BCUT2D eigenvalue weighted by Gasteiger charge is 2.34. The highest BCUT2D eigenvalue weighted by atomic mass is 32.2. The maximum atomic E-state index is 12.0. The summed E-state index contributed by atoms with van der Waals surface area (Å²) in [5, 5.41) is 0. The van der Waals surface area contributed by atoms with E-state index in [1.165, 1.54) is 18.3 Å². The maximum Gasteiger partial charge on any atom is 0.242 e. The van der Waals surface area contributed by atoms with Crippen molar-refractivity contribution in [3.05, 3.63) is 18.3 Å². The normalized spacial score (nSPS) is 23.9. The van der Waals surface area contributed by atoms with Gasteiger partial charge in [0.05, 0.1) is 6.10 Å². The Hall–Kier alpha value is -1.71. The summed E-state index contributed by atoms with van der Waals surface area (Å²) in [5.74, 6) is 0.202. The molecule has 1 aromatic rings. The number of carbonyl (C=O) groups is 1. The maximum absolute atomic E-state index is 12.0. The van der Waals surface area contributed by atoms with Crippen LogP contribution in [0.2, 0.25) is 0 Å². The largest absolute Gasteiger partial charge is 0.381 e. The Morgan fingerprint density at radius 3 is 2.61 bits per heavy atom. The average Bonchev–Trinajstić information content (AvgIpc) is 3.28. The second-order valence-electron chi connectivity index (χ2n) is 5.91. The van der Waals surface area contributed by atoms with E-state index in [1.54, 1.807) is 7.11 Å². The van der Waals surface area contributed by atoms with Gasteiger partial charge in [-0.25, -0.2) is 18.1 Å². The third-order valence-corrected chi connectivity index (χ3v) is 5.56. The van der Waals surface area contributed by atoms with Crippen LogP contribution in [0.5, 0.6) is 0 Å². The fourth-order valence-electron chi connectivity index (χ4n) is 2.30. The number of ether oxygens (including phenoxy) is 1. The van der Waals surface area contributed by atoms with Gasteiger partial charge in [-0.2, -0.15) is 0 Å². The smallest absolute Gasteiger partial charge is 0.242 e. The van der Waals surface area contributed by atoms with Crippen molar-refractivity contribution < 1.29 is 17.9 Å². The summed E-state index contributed by atoms with van der Waals surface area (Å²) in [5.41, 5.74) is 5.27. The topological polar surface area (TPSA) is 109 Å². The van der Waals surface area contributed by atoms with E-state index in [1.807, 2.05) is 0 Å². The summed E-state index contributed by atoms with van der Waals surface area (Å²) in [6, 6.07) is 3.02. The molecule has 126 valence electrons. The van der Waals surface area contributed by atoms with Gasteiger partial charge in [-0.15, -0.1) is 0 Å². The zero-order chi connectivity index (χ0) is 16.4. The van der Waals surface area contributed by atoms with E-state index in [0.717, 1.165) is 12.8 Å². The van der Waals surface area contributed by atoms with Gasteiger partial charge >= 0.3 is 0 Å². The number of hydrogen-bond donors (Lipinski definition) is 3. The first-order chi connectivity index (χ1) is 11.0. The van der Waals surface area contributed by atoms with E-state index < -0.39 is 10.0 Å². The van der Waals surface area contributed by atoms with Gasteiger partial charge in [0.1, 0.15) is 10.7 Å². The summed E-state index contributed by atoms with van der Waals surface area (Å²) in [6.45, 7) is 0. The van der Waals surface area contributed by atoms with Crippen molar-refractivity contribution in [1.29, 1.82) is 0 Å². The number of nitrogens with zero attached hydrogens (tertiary/aromatic N) is 1. The molecule has 0 bridgehead atoms. The molecule has 1 aromatic heterocycles.